The number of fused-ring (bicyclic) bond motifs is 1. The van der Waals surface area contributed by atoms with E-state index in [1.165, 1.54) is 0 Å². The summed E-state index contributed by atoms with van der Waals surface area (Å²) in [6.07, 6.45) is 13.9. The molecular formula is C24H26N6OS. The summed E-state index contributed by atoms with van der Waals surface area (Å²) in [6.45, 7) is 0. The van der Waals surface area contributed by atoms with Crippen molar-refractivity contribution in [1.82, 2.24) is 19.9 Å². The van der Waals surface area contributed by atoms with Gasteiger partial charge in [0.2, 0.25) is 0 Å². The molecule has 2 saturated carbocycles. The lowest BCUT2D eigenvalue weighted by atomic mass is 9.94. The van der Waals surface area contributed by atoms with Crippen LogP contribution in [0, 0.1) is 11.3 Å². The number of aromatic nitrogens is 3. The highest BCUT2D eigenvalue weighted by molar-refractivity contribution is 7.99. The average Bonchev–Trinajstić information content (AvgIpc) is 3.54. The standard InChI is InChI=1S/C24H26N6OS/c1-32-19-6-4-18(5-7-19)29-24(31)20-14-26-22(11-21(20)28-17-2-3-17)30-9-8-16-10-15(12-25)13-27-23(16)30/h8-11,13-14,17-19H,2-7H2,1H3,(H,26,28)(H,29,31). The largest absolute Gasteiger partial charge is 0.382 e. The normalized spacial score (nSPS) is 20.6. The number of rotatable bonds is 6. The lowest BCUT2D eigenvalue weighted by Crippen LogP contribution is -2.38. The summed E-state index contributed by atoms with van der Waals surface area (Å²) < 4.78 is 1.89. The third-order valence-corrected chi connectivity index (χ3v) is 7.45. The van der Waals surface area contributed by atoms with Gasteiger partial charge < -0.3 is 10.6 Å². The number of carbonyl (C=O) groups excluding carboxylic acids is 1. The lowest BCUT2D eigenvalue weighted by molar-refractivity contribution is 0.0928. The number of nitriles is 1. The Balaban J connectivity index is 1.41. The summed E-state index contributed by atoms with van der Waals surface area (Å²) in [4.78, 5) is 22.2. The van der Waals surface area contributed by atoms with Gasteiger partial charge >= 0.3 is 0 Å². The number of hydrogen-bond donors (Lipinski definition) is 2. The highest BCUT2D eigenvalue weighted by Crippen LogP contribution is 2.30. The zero-order valence-corrected chi connectivity index (χ0v) is 18.9. The predicted octanol–water partition coefficient (Wildman–Crippen LogP) is 4.27. The Labute approximate surface area is 191 Å². The molecule has 32 heavy (non-hydrogen) atoms. The summed E-state index contributed by atoms with van der Waals surface area (Å²) in [7, 11) is 0. The summed E-state index contributed by atoms with van der Waals surface area (Å²) in [6, 6.07) is 8.42. The molecule has 0 radical (unpaired) electrons. The molecule has 8 heteroatoms. The van der Waals surface area contributed by atoms with Crippen molar-refractivity contribution in [3.8, 4) is 11.9 Å². The minimum absolute atomic E-state index is 0.0612. The third-order valence-electron chi connectivity index (χ3n) is 6.32. The van der Waals surface area contributed by atoms with Crippen LogP contribution in [0.1, 0.15) is 54.4 Å². The summed E-state index contributed by atoms with van der Waals surface area (Å²) in [5.74, 6) is 0.631. The number of pyridine rings is 2. The number of nitrogens with one attached hydrogen (secondary N) is 2. The minimum Gasteiger partial charge on any atom is -0.382 e. The molecule has 0 atom stereocenters. The van der Waals surface area contributed by atoms with Gasteiger partial charge in [0.15, 0.2) is 0 Å². The fraction of sp³-hybridized carbons (Fsp3) is 0.417. The van der Waals surface area contributed by atoms with E-state index in [0.717, 1.165) is 55.2 Å². The van der Waals surface area contributed by atoms with Crippen molar-refractivity contribution in [3.05, 3.63) is 47.9 Å². The summed E-state index contributed by atoms with van der Waals surface area (Å²) >= 11 is 1.93. The molecule has 0 aliphatic heterocycles. The Morgan fingerprint density at radius 2 is 1.91 bits per heavy atom. The number of carbonyl (C=O) groups is 1. The van der Waals surface area contributed by atoms with Crippen molar-refractivity contribution in [1.29, 1.82) is 5.26 Å². The van der Waals surface area contributed by atoms with Gasteiger partial charge in [-0.05, 0) is 56.9 Å². The smallest absolute Gasteiger partial charge is 0.255 e. The van der Waals surface area contributed by atoms with Crippen LogP contribution >= 0.6 is 11.8 Å². The molecule has 3 aromatic rings. The van der Waals surface area contributed by atoms with Crippen LogP contribution in [0.3, 0.4) is 0 Å². The van der Waals surface area contributed by atoms with Crippen molar-refractivity contribution in [3.63, 3.8) is 0 Å². The number of anilines is 1. The van der Waals surface area contributed by atoms with Crippen LogP contribution in [0.5, 0.6) is 0 Å². The molecule has 0 unspecified atom stereocenters. The van der Waals surface area contributed by atoms with Crippen molar-refractivity contribution in [2.45, 2.75) is 55.9 Å². The number of hydrogen-bond acceptors (Lipinski definition) is 6. The molecule has 0 spiro atoms. The van der Waals surface area contributed by atoms with Gasteiger partial charge in [-0.3, -0.25) is 9.36 Å². The van der Waals surface area contributed by atoms with Crippen molar-refractivity contribution in [2.24, 2.45) is 0 Å². The van der Waals surface area contributed by atoms with Crippen LogP contribution in [-0.2, 0) is 0 Å². The number of thioether (sulfide) groups is 1. The highest BCUT2D eigenvalue weighted by Gasteiger charge is 2.26. The first-order chi connectivity index (χ1) is 15.6. The zero-order valence-electron chi connectivity index (χ0n) is 18.0. The van der Waals surface area contributed by atoms with Gasteiger partial charge in [-0.25, -0.2) is 9.97 Å². The molecule has 5 rings (SSSR count). The molecule has 0 bridgehead atoms. The molecule has 2 fully saturated rings. The van der Waals surface area contributed by atoms with Crippen molar-refractivity contribution < 1.29 is 4.79 Å². The Bertz CT molecular complexity index is 1190. The molecule has 7 nitrogen and oxygen atoms in total. The first-order valence-electron chi connectivity index (χ1n) is 11.1. The maximum absolute atomic E-state index is 13.1. The van der Waals surface area contributed by atoms with E-state index in [-0.39, 0.29) is 11.9 Å². The first-order valence-corrected chi connectivity index (χ1v) is 12.4. The molecule has 164 valence electrons. The lowest BCUT2D eigenvalue weighted by Gasteiger charge is -2.28. The zero-order chi connectivity index (χ0) is 22.1. The Morgan fingerprint density at radius 1 is 1.12 bits per heavy atom. The second-order valence-electron chi connectivity index (χ2n) is 8.62. The van der Waals surface area contributed by atoms with E-state index in [2.05, 4.69) is 32.9 Å². The van der Waals surface area contributed by atoms with Gasteiger partial charge in [-0.1, -0.05) is 0 Å². The van der Waals surface area contributed by atoms with E-state index >= 15 is 0 Å². The quantitative estimate of drug-likeness (QED) is 0.587. The second-order valence-corrected chi connectivity index (χ2v) is 9.76. The SMILES string of the molecule is CSC1CCC(NC(=O)c2cnc(-n3ccc4cc(C#N)cnc43)cc2NC2CC2)CC1. The van der Waals surface area contributed by atoms with Gasteiger partial charge in [0.1, 0.15) is 17.5 Å². The van der Waals surface area contributed by atoms with Crippen LogP contribution in [-0.4, -0.2) is 44.0 Å². The Hall–Kier alpha value is -3.05. The number of amides is 1. The van der Waals surface area contributed by atoms with Gasteiger partial charge in [0.05, 0.1) is 16.8 Å². The molecular weight excluding hydrogens is 420 g/mol. The average molecular weight is 447 g/mol. The van der Waals surface area contributed by atoms with Crippen molar-refractivity contribution in [2.75, 3.05) is 11.6 Å². The molecule has 3 heterocycles. The van der Waals surface area contributed by atoms with Gasteiger partial charge in [-0.15, -0.1) is 0 Å². The highest BCUT2D eigenvalue weighted by atomic mass is 32.2. The van der Waals surface area contributed by atoms with Crippen LogP contribution in [0.2, 0.25) is 0 Å². The molecule has 2 aliphatic carbocycles. The molecule has 2 aliphatic rings. The maximum Gasteiger partial charge on any atom is 0.255 e. The number of nitrogens with zero attached hydrogens (tertiary/aromatic N) is 4. The van der Waals surface area contributed by atoms with Crippen LogP contribution in [0.25, 0.3) is 16.9 Å². The first kappa shape index (κ1) is 20.8. The fourth-order valence-corrected chi connectivity index (χ4v) is 5.04. The van der Waals surface area contributed by atoms with Crippen LogP contribution in [0.4, 0.5) is 5.69 Å². The van der Waals surface area contributed by atoms with Crippen molar-refractivity contribution >= 4 is 34.4 Å². The van der Waals surface area contributed by atoms with E-state index < -0.39 is 0 Å². The maximum atomic E-state index is 13.1. The van der Waals surface area contributed by atoms with E-state index in [4.69, 9.17) is 5.26 Å². The summed E-state index contributed by atoms with van der Waals surface area (Å²) in [5, 5.41) is 17.4. The third kappa shape index (κ3) is 4.30. The Kier molecular flexibility index (Phi) is 5.75. The van der Waals surface area contributed by atoms with Gasteiger partial charge in [0, 0.05) is 47.4 Å². The van der Waals surface area contributed by atoms with E-state index in [1.54, 1.807) is 12.4 Å². The second kappa shape index (κ2) is 8.83. The molecule has 0 saturated heterocycles. The van der Waals surface area contributed by atoms with E-state index in [1.807, 2.05) is 40.7 Å². The molecule has 0 aromatic carbocycles. The topological polar surface area (TPSA) is 95.6 Å². The molecule has 2 N–H and O–H groups in total. The van der Waals surface area contributed by atoms with Gasteiger partial charge in [0.25, 0.3) is 5.91 Å². The fourth-order valence-electron chi connectivity index (χ4n) is 4.30. The molecule has 3 aromatic heterocycles. The minimum atomic E-state index is -0.0612. The predicted molar refractivity (Wildman–Crippen MR) is 127 cm³/mol. The van der Waals surface area contributed by atoms with Gasteiger partial charge in [-0.2, -0.15) is 17.0 Å². The van der Waals surface area contributed by atoms with E-state index in [0.29, 0.717) is 28.2 Å². The van der Waals surface area contributed by atoms with Crippen LogP contribution < -0.4 is 10.6 Å². The summed E-state index contributed by atoms with van der Waals surface area (Å²) in [5.41, 5.74) is 2.65. The monoisotopic (exact) mass is 446 g/mol. The van der Waals surface area contributed by atoms with Crippen LogP contribution in [0.15, 0.2) is 36.8 Å². The van der Waals surface area contributed by atoms with E-state index in [9.17, 15) is 4.79 Å². The molecule has 1 amide bonds. The Morgan fingerprint density at radius 3 is 2.62 bits per heavy atom.